The van der Waals surface area contributed by atoms with Gasteiger partial charge in [0.1, 0.15) is 58.0 Å². The van der Waals surface area contributed by atoms with E-state index >= 15 is 0 Å². The van der Waals surface area contributed by atoms with E-state index in [2.05, 4.69) is 79.3 Å². The number of hydrogen-bond acceptors (Lipinski definition) is 61. The SMILES string of the molecule is CC(OC(=O)CCCCCO[N+](=O)[O-])C(NC(=O)CCCCCO[N+](=O)[O-])C(=O)OCCCCCCO[N+](=O)[O-].CC(OC(=O)CCCO[N+](=O)[O-])C(NC(=O)CCCO[N+](=O)[O-])C(=O)OCCCCO[N+](=O)[O-].CC(OC(=O)OCCOCCO[N+](=O)[O-])C(NC(=O)OCCOCCO[N+](=O)[O-])C(=O)OCCOCO[N+](=O)[O-].O=C(CCCO[N+](=O)[O-])NC(COC(=O)CCCO[N+](=O)[O-])C(=O)OCCCCO[N+](=O)[O-]. The van der Waals surface area contributed by atoms with Crippen molar-refractivity contribution in [1.29, 1.82) is 0 Å². The minimum absolute atomic E-state index is 0.00903. The van der Waals surface area contributed by atoms with E-state index in [1.54, 1.807) is 0 Å². The van der Waals surface area contributed by atoms with Gasteiger partial charge < -0.3 is 136 Å². The normalized spacial score (nSPS) is 11.6. The van der Waals surface area contributed by atoms with Crippen molar-refractivity contribution in [3.8, 4) is 0 Å². The van der Waals surface area contributed by atoms with Crippen LogP contribution in [0.3, 0.4) is 0 Å². The first-order chi connectivity index (χ1) is 69.7. The van der Waals surface area contributed by atoms with Crippen LogP contribution in [0.4, 0.5) is 9.59 Å². The molecule has 0 aromatic rings. The number of unbranched alkanes of at least 4 members (excludes halogenated alkanes) is 9. The number of alkyl carbamates (subject to hydrolysis) is 1. The van der Waals surface area contributed by atoms with Crippen molar-refractivity contribution in [2.75, 3.05) is 159 Å². The highest BCUT2D eigenvalue weighted by Crippen LogP contribution is 2.14. The minimum Gasteiger partial charge on any atom is -0.464 e. The molecule has 7 unspecified atom stereocenters. The quantitative estimate of drug-likeness (QED) is 0.0161. The van der Waals surface area contributed by atoms with Gasteiger partial charge in [0.2, 0.25) is 17.7 Å². The lowest BCUT2D eigenvalue weighted by Crippen LogP contribution is -2.50. The maximum atomic E-state index is 12.7. The Hall–Kier alpha value is -16.5. The van der Waals surface area contributed by atoms with Crippen molar-refractivity contribution in [3.05, 3.63) is 121 Å². The number of carbonyl (C=O) groups excluding carboxylic acids is 12. The summed E-state index contributed by atoms with van der Waals surface area (Å²) < 4.78 is 64.4. The van der Waals surface area contributed by atoms with E-state index in [1.165, 1.54) is 20.8 Å². The number of hydrogen-bond donors (Lipinski definition) is 4. The molecular weight excluding hydrogens is 2040 g/mol. The highest BCUT2D eigenvalue weighted by molar-refractivity contribution is 5.87. The third kappa shape index (κ3) is 95.5. The van der Waals surface area contributed by atoms with Gasteiger partial charge in [-0.1, -0.05) is 19.3 Å². The molecule has 0 rings (SSSR count). The molecule has 4 amide bonds. The summed E-state index contributed by atoms with van der Waals surface area (Å²) in [4.78, 5) is 316. The molecule has 0 aliphatic heterocycles. The number of amides is 4. The van der Waals surface area contributed by atoms with Gasteiger partial charge in [0.05, 0.1) is 112 Å². The zero-order chi connectivity index (χ0) is 111. The molecule has 0 saturated heterocycles. The first kappa shape index (κ1) is 137. The van der Waals surface area contributed by atoms with Gasteiger partial charge in [0, 0.05) is 38.5 Å². The molecule has 0 fully saturated rings. The second kappa shape index (κ2) is 90.8. The molecule has 0 radical (unpaired) electrons. The van der Waals surface area contributed by atoms with Crippen LogP contribution in [0.1, 0.15) is 175 Å². The summed E-state index contributed by atoms with van der Waals surface area (Å²) in [5.74, 6) is -7.98. The van der Waals surface area contributed by atoms with Gasteiger partial charge >= 0.3 is 54.0 Å². The molecule has 0 spiro atoms. The molecule has 842 valence electrons. The maximum absolute atomic E-state index is 12.7. The van der Waals surface area contributed by atoms with Gasteiger partial charge in [-0.05, 0) is 117 Å². The Balaban J connectivity index is -0.000000931. The van der Waals surface area contributed by atoms with Gasteiger partial charge in [-0.3, -0.25) is 33.6 Å². The number of esters is 7. The van der Waals surface area contributed by atoms with Crippen molar-refractivity contribution in [2.45, 2.75) is 217 Å². The minimum atomic E-state index is -1.62. The maximum Gasteiger partial charge on any atom is 0.508 e. The smallest absolute Gasteiger partial charge is 0.464 e. The number of rotatable bonds is 90. The van der Waals surface area contributed by atoms with Crippen LogP contribution in [0.5, 0.6) is 0 Å². The summed E-state index contributed by atoms with van der Waals surface area (Å²) in [6.45, 7) is -2.44. The summed E-state index contributed by atoms with van der Waals surface area (Å²) in [6, 6.07) is -5.74. The fourth-order valence-corrected chi connectivity index (χ4v) is 9.75. The topological polar surface area (TPSA) is 1000 Å². The molecule has 0 bridgehead atoms. The molecule has 0 heterocycles. The van der Waals surface area contributed by atoms with Gasteiger partial charge in [-0.2, -0.15) is 0 Å². The third-order valence-corrected chi connectivity index (χ3v) is 16.3. The van der Waals surface area contributed by atoms with Gasteiger partial charge in [0.15, 0.2) is 31.0 Å². The van der Waals surface area contributed by atoms with Crippen LogP contribution in [-0.4, -0.2) is 334 Å². The Labute approximate surface area is 826 Å². The highest BCUT2D eigenvalue weighted by atomic mass is 17.0. The van der Waals surface area contributed by atoms with E-state index in [1.807, 2.05) is 0 Å². The summed E-state index contributed by atoms with van der Waals surface area (Å²) in [5, 5.41) is 118. The van der Waals surface area contributed by atoms with Crippen LogP contribution in [0, 0.1) is 121 Å². The Kier molecular flexibility index (Phi) is 84.5. The van der Waals surface area contributed by atoms with Crippen LogP contribution in [-0.2, 0) is 168 Å². The fraction of sp³-hybridized carbons (Fsp3) is 0.829. The van der Waals surface area contributed by atoms with Crippen molar-refractivity contribution >= 4 is 71.8 Å². The zero-order valence-corrected chi connectivity index (χ0v) is 79.3. The van der Waals surface area contributed by atoms with Crippen LogP contribution in [0.2, 0.25) is 0 Å². The van der Waals surface area contributed by atoms with Gasteiger partial charge in [-0.15, -0.1) is 121 Å². The van der Waals surface area contributed by atoms with E-state index in [0.717, 1.165) is 0 Å². The molecule has 0 aliphatic carbocycles. The second-order valence-corrected chi connectivity index (χ2v) is 27.7. The first-order valence-electron chi connectivity index (χ1n) is 43.6. The van der Waals surface area contributed by atoms with E-state index in [4.69, 9.17) is 61.6 Å². The molecule has 0 saturated carbocycles. The molecular formula is C70H116N16O61. The van der Waals surface area contributed by atoms with E-state index in [0.29, 0.717) is 64.2 Å². The fourth-order valence-electron chi connectivity index (χ4n) is 9.75. The summed E-state index contributed by atoms with van der Waals surface area (Å²) in [6.07, 6.45) is -1.72. The number of nitrogens with zero attached hydrogens (tertiary/aromatic N) is 12. The Bertz CT molecular complexity index is 3940. The largest absolute Gasteiger partial charge is 0.508 e. The lowest BCUT2D eigenvalue weighted by Gasteiger charge is -2.24. The number of nitrogens with one attached hydrogen (secondary N) is 4. The highest BCUT2D eigenvalue weighted by Gasteiger charge is 2.36. The summed E-state index contributed by atoms with van der Waals surface area (Å²) >= 11 is 0. The van der Waals surface area contributed by atoms with Crippen molar-refractivity contribution in [1.82, 2.24) is 21.3 Å². The van der Waals surface area contributed by atoms with Gasteiger partial charge in [0.25, 0.3) is 61.0 Å². The first-order valence-corrected chi connectivity index (χ1v) is 43.6. The van der Waals surface area contributed by atoms with Crippen LogP contribution >= 0.6 is 0 Å². The third-order valence-electron chi connectivity index (χ3n) is 16.3. The van der Waals surface area contributed by atoms with Crippen molar-refractivity contribution in [2.24, 2.45) is 0 Å². The molecule has 4 N–H and O–H groups in total. The molecule has 0 aliphatic rings. The molecule has 147 heavy (non-hydrogen) atoms. The molecule has 77 heteroatoms. The Morgan fingerprint density at radius 1 is 0.218 bits per heavy atom. The average molecular weight is 2160 g/mol. The zero-order valence-electron chi connectivity index (χ0n) is 79.3. The molecule has 0 aromatic carbocycles. The lowest BCUT2D eigenvalue weighted by atomic mass is 10.1. The Morgan fingerprint density at radius 2 is 0.469 bits per heavy atom. The van der Waals surface area contributed by atoms with Crippen molar-refractivity contribution in [3.63, 3.8) is 0 Å². The number of ether oxygens (including phenoxy) is 13. The van der Waals surface area contributed by atoms with Gasteiger partial charge in [-0.25, -0.2) is 28.8 Å². The standard InChI is InChI=1S/C22H38N4O14.C17H28N4O19.C16H26N4O14.C15H24N4O14/c1-18(40-20(28)13-7-5-11-17-39-26(34)35)21(23-19(27)12-6-4-10-16-38-25(32)33)22(29)36-14-8-2-3-9-15-37-24(30)31;1-13(40-17(24)36-9-3-32-6-11-38-20(27)28)14(15(22)34-7-4-33-12-39-21(29)30)18-16(23)35-8-2-31-5-10-37-19(25)26;1-12(34-14(22)7-5-11-33-20(28)29)15(17-13(21)6-4-10-32-19(26)27)16(23)30-8-2-3-9-31-18(24)25;20-13(5-3-9-32-18(25)26)16-12(11-30-14(21)6-4-10-33-19(27)28)15(22)29-7-1-2-8-31-17(23)24/h18,21H,2-17H2,1H3,(H,23,27);13-14H,2-12H2,1H3,(H,18,23);12,15H,2-11H2,1H3,(H,17,21);12H,1-11H2,(H,16,20). The predicted octanol–water partition coefficient (Wildman–Crippen LogP) is 0.485. The van der Waals surface area contributed by atoms with E-state index < -0.39 is 195 Å². The molecule has 7 atom stereocenters. The predicted molar refractivity (Wildman–Crippen MR) is 456 cm³/mol. The number of carbonyl (C=O) groups is 12. The second-order valence-electron chi connectivity index (χ2n) is 27.7. The lowest BCUT2D eigenvalue weighted by molar-refractivity contribution is -0.767. The average Bonchev–Trinajstić information content (AvgIpc) is 0.887. The molecule has 0 aromatic heterocycles. The monoisotopic (exact) mass is 2160 g/mol. The van der Waals surface area contributed by atoms with Crippen LogP contribution in [0.15, 0.2) is 0 Å². The molecule has 77 nitrogen and oxygen atoms in total. The van der Waals surface area contributed by atoms with Crippen LogP contribution < -0.4 is 21.3 Å². The van der Waals surface area contributed by atoms with E-state index in [9.17, 15) is 179 Å². The van der Waals surface area contributed by atoms with Crippen molar-refractivity contribution < 1.29 is 238 Å². The Morgan fingerprint density at radius 3 is 0.850 bits per heavy atom. The summed E-state index contributed by atoms with van der Waals surface area (Å²) in [5.41, 5.74) is 0. The van der Waals surface area contributed by atoms with Crippen LogP contribution in [0.25, 0.3) is 0 Å². The van der Waals surface area contributed by atoms with E-state index in [-0.39, 0.29) is 229 Å². The summed E-state index contributed by atoms with van der Waals surface area (Å²) in [7, 11) is 0.